The number of hydrogen-bond donors (Lipinski definition) is 0. The van der Waals surface area contributed by atoms with Crippen LogP contribution in [0.4, 0.5) is 0 Å². The Labute approximate surface area is 127 Å². The molecule has 0 bridgehead atoms. The van der Waals surface area contributed by atoms with Gasteiger partial charge in [-0.3, -0.25) is 19.3 Å². The Morgan fingerprint density at radius 3 is 2.09 bits per heavy atom. The van der Waals surface area contributed by atoms with Gasteiger partial charge in [-0.1, -0.05) is 12.1 Å². The van der Waals surface area contributed by atoms with Crippen molar-refractivity contribution in [2.24, 2.45) is 0 Å². The highest BCUT2D eigenvalue weighted by molar-refractivity contribution is 6.21. The number of benzene rings is 1. The largest absolute Gasteiger partial charge is 0.467 e. The maximum atomic E-state index is 12.3. The molecule has 0 saturated heterocycles. The van der Waals surface area contributed by atoms with Crippen molar-refractivity contribution in [3.63, 3.8) is 0 Å². The van der Waals surface area contributed by atoms with Gasteiger partial charge in [0, 0.05) is 6.92 Å². The van der Waals surface area contributed by atoms with E-state index in [9.17, 15) is 19.2 Å². The number of ether oxygens (including phenoxy) is 1. The summed E-state index contributed by atoms with van der Waals surface area (Å²) in [7, 11) is 1.21. The van der Waals surface area contributed by atoms with Crippen LogP contribution in [-0.4, -0.2) is 53.3 Å². The molecule has 1 aliphatic rings. The van der Waals surface area contributed by atoms with E-state index in [2.05, 4.69) is 4.74 Å². The van der Waals surface area contributed by atoms with Crippen LogP contribution in [-0.2, 0) is 14.3 Å². The van der Waals surface area contributed by atoms with E-state index in [1.807, 2.05) is 0 Å². The zero-order valence-corrected chi connectivity index (χ0v) is 12.5. The van der Waals surface area contributed by atoms with Crippen LogP contribution in [0.5, 0.6) is 0 Å². The SMILES string of the molecule is COC(=O)C(C)N(CN1C(=O)c2ccccc2C1=O)C(C)=O. The van der Waals surface area contributed by atoms with E-state index in [0.717, 1.165) is 9.80 Å². The van der Waals surface area contributed by atoms with Crippen LogP contribution in [0.2, 0.25) is 0 Å². The summed E-state index contributed by atoms with van der Waals surface area (Å²) < 4.78 is 4.60. The van der Waals surface area contributed by atoms with Crippen molar-refractivity contribution in [2.75, 3.05) is 13.8 Å². The Hall–Kier alpha value is -2.70. The Bertz CT molecular complexity index is 620. The first-order chi connectivity index (χ1) is 10.4. The van der Waals surface area contributed by atoms with E-state index in [0.29, 0.717) is 11.1 Å². The fourth-order valence-corrected chi connectivity index (χ4v) is 2.31. The number of esters is 1. The highest BCUT2D eigenvalue weighted by Gasteiger charge is 2.38. The molecule has 0 saturated carbocycles. The maximum absolute atomic E-state index is 12.3. The third-order valence-corrected chi connectivity index (χ3v) is 3.59. The molecule has 1 aromatic rings. The molecule has 3 amide bonds. The van der Waals surface area contributed by atoms with Gasteiger partial charge in [-0.2, -0.15) is 0 Å². The minimum atomic E-state index is -0.896. The lowest BCUT2D eigenvalue weighted by Gasteiger charge is -2.29. The molecule has 1 unspecified atom stereocenters. The minimum absolute atomic E-state index is 0.293. The van der Waals surface area contributed by atoms with Gasteiger partial charge in [0.1, 0.15) is 12.7 Å². The molecule has 7 heteroatoms. The second-order valence-electron chi connectivity index (χ2n) is 4.91. The number of hydrogen-bond acceptors (Lipinski definition) is 5. The molecule has 1 atom stereocenters. The Morgan fingerprint density at radius 1 is 1.18 bits per heavy atom. The monoisotopic (exact) mass is 304 g/mol. The molecule has 0 N–H and O–H groups in total. The molecule has 0 spiro atoms. The number of imide groups is 1. The van der Waals surface area contributed by atoms with Crippen LogP contribution in [0.3, 0.4) is 0 Å². The predicted molar refractivity (Wildman–Crippen MR) is 75.8 cm³/mol. The lowest BCUT2D eigenvalue weighted by Crippen LogP contribution is -2.50. The summed E-state index contributed by atoms with van der Waals surface area (Å²) in [6.07, 6.45) is 0. The van der Waals surface area contributed by atoms with Gasteiger partial charge in [0.05, 0.1) is 18.2 Å². The van der Waals surface area contributed by atoms with E-state index in [4.69, 9.17) is 0 Å². The molecule has 1 aromatic carbocycles. The number of carbonyl (C=O) groups is 4. The second kappa shape index (κ2) is 5.97. The smallest absolute Gasteiger partial charge is 0.328 e. The maximum Gasteiger partial charge on any atom is 0.328 e. The van der Waals surface area contributed by atoms with E-state index < -0.39 is 29.7 Å². The Morgan fingerprint density at radius 2 is 1.68 bits per heavy atom. The Kier molecular flexibility index (Phi) is 4.25. The van der Waals surface area contributed by atoms with Crippen LogP contribution in [0.25, 0.3) is 0 Å². The molecule has 0 aromatic heterocycles. The topological polar surface area (TPSA) is 84.0 Å². The van der Waals surface area contributed by atoms with E-state index in [1.54, 1.807) is 24.3 Å². The van der Waals surface area contributed by atoms with E-state index in [-0.39, 0.29) is 6.67 Å². The molecule has 1 aliphatic heterocycles. The molecule has 0 radical (unpaired) electrons. The molecule has 1 heterocycles. The fraction of sp³-hybridized carbons (Fsp3) is 0.333. The summed E-state index contributed by atoms with van der Waals surface area (Å²) in [5.74, 6) is -2.02. The zero-order valence-electron chi connectivity index (χ0n) is 12.5. The van der Waals surface area contributed by atoms with Gasteiger partial charge in [0.15, 0.2) is 0 Å². The summed E-state index contributed by atoms with van der Waals surface area (Å²) in [6.45, 7) is 2.45. The van der Waals surface area contributed by atoms with E-state index in [1.165, 1.54) is 21.0 Å². The molecule has 2 rings (SSSR count). The molecule has 0 aliphatic carbocycles. The van der Waals surface area contributed by atoms with Crippen molar-refractivity contribution in [2.45, 2.75) is 19.9 Å². The second-order valence-corrected chi connectivity index (χ2v) is 4.91. The molecule has 0 fully saturated rings. The van der Waals surface area contributed by atoms with Crippen LogP contribution >= 0.6 is 0 Å². The first-order valence-corrected chi connectivity index (χ1v) is 6.68. The van der Waals surface area contributed by atoms with Crippen molar-refractivity contribution < 1.29 is 23.9 Å². The van der Waals surface area contributed by atoms with Crippen molar-refractivity contribution in [3.8, 4) is 0 Å². The highest BCUT2D eigenvalue weighted by Crippen LogP contribution is 2.23. The van der Waals surface area contributed by atoms with Gasteiger partial charge in [-0.15, -0.1) is 0 Å². The van der Waals surface area contributed by atoms with Crippen molar-refractivity contribution >= 4 is 23.7 Å². The third-order valence-electron chi connectivity index (χ3n) is 3.59. The predicted octanol–water partition coefficient (Wildman–Crippen LogP) is 0.650. The van der Waals surface area contributed by atoms with Crippen LogP contribution < -0.4 is 0 Å². The van der Waals surface area contributed by atoms with Gasteiger partial charge in [0.2, 0.25) is 5.91 Å². The summed E-state index contributed by atoms with van der Waals surface area (Å²) in [5.41, 5.74) is 0.587. The quantitative estimate of drug-likeness (QED) is 0.602. The molecular weight excluding hydrogens is 288 g/mol. The molecule has 7 nitrogen and oxygen atoms in total. The van der Waals surface area contributed by atoms with E-state index >= 15 is 0 Å². The number of methoxy groups -OCH3 is 1. The molecule has 22 heavy (non-hydrogen) atoms. The Balaban J connectivity index is 2.26. The number of nitrogens with zero attached hydrogens (tertiary/aromatic N) is 2. The van der Waals surface area contributed by atoms with Crippen molar-refractivity contribution in [3.05, 3.63) is 35.4 Å². The average molecular weight is 304 g/mol. The van der Waals surface area contributed by atoms with Gasteiger partial charge < -0.3 is 9.64 Å². The summed E-state index contributed by atoms with van der Waals surface area (Å²) in [4.78, 5) is 50.0. The summed E-state index contributed by atoms with van der Waals surface area (Å²) in [5, 5.41) is 0. The summed E-state index contributed by atoms with van der Waals surface area (Å²) in [6, 6.07) is 5.53. The van der Waals surface area contributed by atoms with Crippen LogP contribution in [0.1, 0.15) is 34.6 Å². The van der Waals surface area contributed by atoms with Gasteiger partial charge in [-0.05, 0) is 19.1 Å². The lowest BCUT2D eigenvalue weighted by atomic mass is 10.1. The zero-order chi connectivity index (χ0) is 16.4. The normalized spacial score (nSPS) is 14.6. The molecule has 116 valence electrons. The number of fused-ring (bicyclic) bond motifs is 1. The lowest BCUT2D eigenvalue weighted by molar-refractivity contribution is -0.152. The third kappa shape index (κ3) is 2.57. The highest BCUT2D eigenvalue weighted by atomic mass is 16.5. The number of rotatable bonds is 4. The van der Waals surface area contributed by atoms with Gasteiger partial charge >= 0.3 is 5.97 Å². The molecular formula is C15H16N2O5. The van der Waals surface area contributed by atoms with Crippen LogP contribution in [0.15, 0.2) is 24.3 Å². The fourth-order valence-electron chi connectivity index (χ4n) is 2.31. The number of amides is 3. The average Bonchev–Trinajstić information content (AvgIpc) is 2.75. The van der Waals surface area contributed by atoms with Crippen molar-refractivity contribution in [1.29, 1.82) is 0 Å². The summed E-state index contributed by atoms with van der Waals surface area (Å²) >= 11 is 0. The minimum Gasteiger partial charge on any atom is -0.467 e. The standard InChI is InChI=1S/C15H16N2O5/c1-9(15(21)22-3)16(10(2)18)8-17-13(19)11-6-4-5-7-12(11)14(17)20/h4-7,9H,8H2,1-3H3. The van der Waals surface area contributed by atoms with Crippen molar-refractivity contribution in [1.82, 2.24) is 9.80 Å². The first kappa shape index (κ1) is 15.7. The first-order valence-electron chi connectivity index (χ1n) is 6.68. The van der Waals surface area contributed by atoms with Gasteiger partial charge in [-0.25, -0.2) is 4.79 Å². The number of carbonyl (C=O) groups excluding carboxylic acids is 4. The van der Waals surface area contributed by atoms with Crippen LogP contribution in [0, 0.1) is 0 Å². The van der Waals surface area contributed by atoms with Gasteiger partial charge in [0.25, 0.3) is 11.8 Å².